The molecule has 2 nitrogen and oxygen atoms in total. The standard InChI is InChI=1S/7CH4.2H2O.2H2/h7*1H4;2*1H2;2*1H/p+4. The molecular weight excluding hydrogens is 116 g/mol. The minimum atomic E-state index is 0. The molecule has 0 aromatic rings. The molecule has 9 heavy (non-hydrogen) atoms. The van der Waals surface area contributed by atoms with E-state index in [0.717, 1.165) is 0 Å². The lowest BCUT2D eigenvalue weighted by Crippen LogP contribution is -0.290. The molecule has 0 spiro atoms. The van der Waals surface area contributed by atoms with Gasteiger partial charge >= 0.3 is 5.71 Å². The monoisotopic (exact) mass is 156 g/mol. The molecule has 0 amide bonds. The summed E-state index contributed by atoms with van der Waals surface area (Å²) in [4.78, 5) is 0. The van der Waals surface area contributed by atoms with Gasteiger partial charge in [-0.2, -0.15) is 0 Å². The van der Waals surface area contributed by atoms with Crippen molar-refractivity contribution in [2.24, 2.45) is 0 Å². The Kier molecular flexibility index (Phi) is 576000000. The van der Waals surface area contributed by atoms with Gasteiger partial charge in [-0.05, 0) is 0 Å². The van der Waals surface area contributed by atoms with Crippen LogP contribution in [0.4, 0.5) is 0 Å². The second-order valence-corrected chi connectivity index (χ2v) is 0. The Morgan fingerprint density at radius 2 is 0.444 bits per heavy atom. The fourth-order valence-corrected chi connectivity index (χ4v) is 0. The summed E-state index contributed by atoms with van der Waals surface area (Å²) in [5, 5.41) is 0. The van der Waals surface area contributed by atoms with Crippen LogP contribution < -0.4 is 0 Å². The quantitative estimate of drug-likeness (QED) is 0.513. The van der Waals surface area contributed by atoms with E-state index in [9.17, 15) is 0 Å². The van der Waals surface area contributed by atoms with Crippen LogP contribution in [0.2, 0.25) is 0 Å². The van der Waals surface area contributed by atoms with E-state index in [2.05, 4.69) is 0 Å². The Morgan fingerprint density at radius 1 is 0.444 bits per heavy atom. The number of hydrogen-bond acceptors (Lipinski definition) is 0. The van der Waals surface area contributed by atoms with Gasteiger partial charge in [-0.1, -0.05) is 52.0 Å². The Balaban J connectivity index is 0. The average Bonchev–Trinajstić information content (AvgIpc) is 0. The van der Waals surface area contributed by atoms with Gasteiger partial charge < -0.3 is 11.0 Å². The molecule has 0 rings (SSSR count). The van der Waals surface area contributed by atoms with Crippen molar-refractivity contribution in [3.8, 4) is 0 Å². The topological polar surface area (TPSA) is 63.0 Å². The molecule has 0 unspecified atom stereocenters. The van der Waals surface area contributed by atoms with Crippen LogP contribution in [0.25, 0.3) is 0 Å². The lowest BCUT2D eigenvalue weighted by Gasteiger charge is -0.413. The van der Waals surface area contributed by atoms with Crippen LogP contribution in [-0.2, 0) is 0 Å². The van der Waals surface area contributed by atoms with Gasteiger partial charge in [-0.25, -0.2) is 0 Å². The molecule has 0 aromatic carbocycles. The zero-order valence-corrected chi connectivity index (χ0v) is 1.00. The van der Waals surface area contributed by atoms with Crippen LogP contribution in [0, 0.1) is 0 Å². The zero-order chi connectivity index (χ0) is 0. The van der Waals surface area contributed by atoms with E-state index in [1.54, 1.807) is 0 Å². The molecule has 0 aliphatic heterocycles. The lowest BCUT2D eigenvalue weighted by molar-refractivity contribution is 0.823. The maximum atomic E-state index is 0. The van der Waals surface area contributed by atoms with E-state index in [1.807, 2.05) is 0 Å². The second kappa shape index (κ2) is 59300. The summed E-state index contributed by atoms with van der Waals surface area (Å²) in [6.45, 7) is 0. The van der Waals surface area contributed by atoms with Crippen LogP contribution >= 0.6 is 0 Å². The summed E-state index contributed by atoms with van der Waals surface area (Å²) in [7, 11) is 0. The minimum Gasteiger partial charge on any atom is -0.412 e. The van der Waals surface area contributed by atoms with E-state index >= 15 is 0 Å². The third-order valence-electron chi connectivity index (χ3n) is 0. The second-order valence-electron chi connectivity index (χ2n) is 0. The summed E-state index contributed by atoms with van der Waals surface area (Å²) >= 11 is 0. The summed E-state index contributed by atoms with van der Waals surface area (Å²) in [5.41, 5.74) is 0. The van der Waals surface area contributed by atoms with E-state index < -0.39 is 0 Å². The van der Waals surface area contributed by atoms with E-state index in [1.165, 1.54) is 0 Å². The zero-order valence-electron chi connectivity index (χ0n) is 5.00. The first-order valence-corrected chi connectivity index (χ1v) is 0. The molecule has 0 atom stereocenters. The van der Waals surface area contributed by atoms with Crippen molar-refractivity contribution in [3.05, 3.63) is 0 Å². The minimum absolute atomic E-state index is 0. The first kappa shape index (κ1) is 87400. The van der Waals surface area contributed by atoms with Crippen LogP contribution in [0.15, 0.2) is 0 Å². The SMILES string of the molecule is C.C.C.C.C.C.C.O.O.[H+].[H+].[H+].[H+].[HH].[HH]. The van der Waals surface area contributed by atoms with Crippen molar-refractivity contribution in [1.29, 1.82) is 0 Å². The molecule has 0 radical (unpaired) electrons. The van der Waals surface area contributed by atoms with Gasteiger partial charge in [0.25, 0.3) is 0 Å². The highest BCUT2D eigenvalue weighted by Crippen LogP contribution is 0.150. The third kappa shape index (κ3) is 43400. The molecule has 0 fully saturated rings. The molecule has 0 aliphatic rings. The molecule has 4 N–H and O–H groups in total. The molecule has 76 valence electrons. The first-order chi connectivity index (χ1) is 0. The molecule has 0 aliphatic carbocycles. The van der Waals surface area contributed by atoms with E-state index in [4.69, 9.17) is 0 Å². The van der Waals surface area contributed by atoms with Gasteiger partial charge in [0.2, 0.25) is 0 Å². The maximum Gasteiger partial charge on any atom is 1.00 e. The molecule has 0 aromatic heterocycles. The molecule has 2 heteroatoms. The van der Waals surface area contributed by atoms with Gasteiger partial charge in [0.15, 0.2) is 0 Å². The van der Waals surface area contributed by atoms with Crippen molar-refractivity contribution in [2.45, 2.75) is 52.0 Å². The highest BCUT2D eigenvalue weighted by atomic mass is 16.0. The van der Waals surface area contributed by atoms with Gasteiger partial charge in [-0.3, -0.25) is 0 Å². The van der Waals surface area contributed by atoms with Gasteiger partial charge in [0, 0.05) is 2.85 Å². The van der Waals surface area contributed by atoms with Gasteiger partial charge in [-0.15, -0.1) is 0 Å². The van der Waals surface area contributed by atoms with E-state index in [0.29, 0.717) is 0 Å². The van der Waals surface area contributed by atoms with Gasteiger partial charge in [0.1, 0.15) is 0 Å². The average molecular weight is 156 g/mol. The fourth-order valence-electron chi connectivity index (χ4n) is 0. The Bertz CT molecular complexity index is 21.4. The predicted molar refractivity (Wildman–Crippen MR) is 63.0 cm³/mol. The third-order valence-corrected chi connectivity index (χ3v) is 0. The summed E-state index contributed by atoms with van der Waals surface area (Å²) in [5.74, 6) is 0. The predicted octanol–water partition coefficient (Wildman–Crippen LogP) is 3.75. The largest absolute Gasteiger partial charge is 1.00 e. The van der Waals surface area contributed by atoms with Crippen molar-refractivity contribution in [1.82, 2.24) is 0 Å². The van der Waals surface area contributed by atoms with Gasteiger partial charge in [0.05, 0.1) is 0 Å². The fraction of sp³-hybridized carbons (Fsp3) is 1.00. The summed E-state index contributed by atoms with van der Waals surface area (Å²) in [6.07, 6.45) is 0. The van der Waals surface area contributed by atoms with Crippen LogP contribution in [-0.4, -0.2) is 11.0 Å². The Morgan fingerprint density at radius 3 is 0.444 bits per heavy atom. The van der Waals surface area contributed by atoms with Crippen LogP contribution in [0.3, 0.4) is 0 Å². The maximum absolute atomic E-state index is 0. The van der Waals surface area contributed by atoms with Crippen molar-refractivity contribution in [2.75, 3.05) is 0 Å². The van der Waals surface area contributed by atoms with E-state index in [-0.39, 0.29) is 71.5 Å². The molecular formula is C7H40O2+4. The molecule has 0 saturated heterocycles. The first-order valence-electron chi connectivity index (χ1n) is 0. The summed E-state index contributed by atoms with van der Waals surface area (Å²) < 4.78 is 0. The van der Waals surface area contributed by atoms with Crippen LogP contribution in [0.1, 0.15) is 60.5 Å². The smallest absolute Gasteiger partial charge is 0.412 e. The van der Waals surface area contributed by atoms with Crippen molar-refractivity contribution >= 4 is 0 Å². The highest BCUT2D eigenvalue weighted by molar-refractivity contribution is 2.51. The molecule has 0 saturated carbocycles. The summed E-state index contributed by atoms with van der Waals surface area (Å²) in [6, 6.07) is 0. The Hall–Kier alpha value is -0.0800. The number of hydrogen-bond donors (Lipinski definition) is 0. The van der Waals surface area contributed by atoms with Crippen LogP contribution in [0.5, 0.6) is 0 Å². The normalized spacial score (nSPS) is 0. The van der Waals surface area contributed by atoms with Crippen molar-refractivity contribution < 1.29 is 19.5 Å². The highest BCUT2D eigenvalue weighted by Gasteiger charge is -0.0715. The van der Waals surface area contributed by atoms with Crippen molar-refractivity contribution in [3.63, 3.8) is 0 Å². The molecule has 0 heterocycles. The Labute approximate surface area is 72.8 Å². The molecule has 0 bridgehead atoms. The lowest BCUT2D eigenvalue weighted by atomic mass is 12.0. The number of rotatable bonds is 0.